The summed E-state index contributed by atoms with van der Waals surface area (Å²) in [4.78, 5) is 83.1. The van der Waals surface area contributed by atoms with E-state index in [1.165, 1.54) is 12.1 Å². The minimum Gasteiger partial charge on any atom is -0.330 e. The number of nitrogens with zero attached hydrogens (tertiary/aromatic N) is 1. The molecule has 4 fully saturated rings. The Balaban J connectivity index is 1.18. The highest BCUT2D eigenvalue weighted by molar-refractivity contribution is 6.20. The number of rotatable bonds is 4. The Hall–Kier alpha value is -3.16. The lowest BCUT2D eigenvalue weighted by molar-refractivity contribution is -0.173. The Morgan fingerprint density at radius 2 is 1.64 bits per heavy atom. The van der Waals surface area contributed by atoms with Crippen LogP contribution >= 0.6 is 0 Å². The highest BCUT2D eigenvalue weighted by Gasteiger charge is 2.66. The number of imide groups is 1. The number of Topliss-reactive ketones (excluding diaryl/α,β-unsaturated/α-hetero) is 3. The molecule has 6 rings (SSSR count). The van der Waals surface area contributed by atoms with Crippen molar-refractivity contribution in [3.8, 4) is 0 Å². The van der Waals surface area contributed by atoms with Crippen molar-refractivity contribution in [1.82, 2.24) is 5.06 Å². The SMILES string of the molecule is C[C@H](CC(=O)ON1C(=O)c2ccccc2C1=O)[C@H]1CC[C@H]2[C@@H]3C(=O)C[C@@H]4CC(=O)CC[C@]4(C)C3CC(=O)[C@]12C. The molecule has 0 aromatic heterocycles. The lowest BCUT2D eigenvalue weighted by Crippen LogP contribution is -2.60. The fraction of sp³-hybridized carbons (Fsp3) is 0.613. The maximum Gasteiger partial charge on any atom is 0.333 e. The summed E-state index contributed by atoms with van der Waals surface area (Å²) in [5.41, 5.74) is -0.497. The molecule has 0 radical (unpaired) electrons. The van der Waals surface area contributed by atoms with Crippen molar-refractivity contribution < 1.29 is 33.6 Å². The molecular weight excluding hydrogens is 498 g/mol. The van der Waals surface area contributed by atoms with Crippen LogP contribution in [-0.4, -0.2) is 40.2 Å². The van der Waals surface area contributed by atoms with Crippen LogP contribution in [0.3, 0.4) is 0 Å². The highest BCUT2D eigenvalue weighted by atomic mass is 16.7. The number of amides is 2. The third-order valence-electron chi connectivity index (χ3n) is 11.3. The third kappa shape index (κ3) is 3.70. The molecule has 0 spiro atoms. The fourth-order valence-corrected chi connectivity index (χ4v) is 9.18. The second-order valence-electron chi connectivity index (χ2n) is 13.0. The van der Waals surface area contributed by atoms with Crippen molar-refractivity contribution in [2.75, 3.05) is 0 Å². The maximum atomic E-state index is 13.9. The summed E-state index contributed by atoms with van der Waals surface area (Å²) in [7, 11) is 0. The van der Waals surface area contributed by atoms with Crippen LogP contribution in [0.2, 0.25) is 0 Å². The van der Waals surface area contributed by atoms with Crippen LogP contribution in [0.5, 0.6) is 0 Å². The van der Waals surface area contributed by atoms with Crippen molar-refractivity contribution in [3.63, 3.8) is 0 Å². The van der Waals surface area contributed by atoms with Gasteiger partial charge in [0.25, 0.3) is 11.8 Å². The second-order valence-corrected chi connectivity index (χ2v) is 13.0. The van der Waals surface area contributed by atoms with Crippen molar-refractivity contribution in [2.24, 2.45) is 46.3 Å². The molecule has 4 saturated carbocycles. The van der Waals surface area contributed by atoms with Gasteiger partial charge in [0.05, 0.1) is 17.5 Å². The first kappa shape index (κ1) is 26.1. The van der Waals surface area contributed by atoms with Gasteiger partial charge in [0.1, 0.15) is 17.3 Å². The van der Waals surface area contributed by atoms with Gasteiger partial charge in [-0.2, -0.15) is 0 Å². The molecular formula is C31H35NO7. The standard InChI is InChI=1S/C31H35NO7/c1-16(12-26(36)39-32-28(37)19-6-4-5-7-20(19)29(32)38)21-8-9-22-27-23(15-25(35)31(21,22)3)30(2)11-10-18(33)13-17(30)14-24(27)34/h4-7,16-17,21-23,27H,8-15H2,1-3H3/t16-,17+,21-,22+,23?,27+,30+,31-/m1/s1. The van der Waals surface area contributed by atoms with E-state index in [4.69, 9.17) is 4.84 Å². The van der Waals surface area contributed by atoms with Gasteiger partial charge in [0, 0.05) is 37.0 Å². The molecule has 206 valence electrons. The molecule has 8 heteroatoms. The number of hydroxylamine groups is 2. The number of fused-ring (bicyclic) bond motifs is 6. The first-order valence-electron chi connectivity index (χ1n) is 14.2. The summed E-state index contributed by atoms with van der Waals surface area (Å²) in [6, 6.07) is 6.33. The number of carbonyl (C=O) groups excluding carboxylic acids is 6. The van der Waals surface area contributed by atoms with Gasteiger partial charge in [0.15, 0.2) is 0 Å². The van der Waals surface area contributed by atoms with Crippen molar-refractivity contribution >= 4 is 35.1 Å². The first-order chi connectivity index (χ1) is 18.5. The molecule has 5 aliphatic rings. The largest absolute Gasteiger partial charge is 0.333 e. The Morgan fingerprint density at radius 3 is 2.31 bits per heavy atom. The quantitative estimate of drug-likeness (QED) is 0.529. The Bertz CT molecular complexity index is 1280. The molecule has 0 N–H and O–H groups in total. The third-order valence-corrected chi connectivity index (χ3v) is 11.3. The average molecular weight is 534 g/mol. The lowest BCUT2D eigenvalue weighted by Gasteiger charge is -2.58. The van der Waals surface area contributed by atoms with Gasteiger partial charge >= 0.3 is 5.97 Å². The molecule has 8 nitrogen and oxygen atoms in total. The lowest BCUT2D eigenvalue weighted by atomic mass is 9.44. The molecule has 4 aliphatic carbocycles. The molecule has 1 aromatic rings. The molecule has 8 atom stereocenters. The summed E-state index contributed by atoms with van der Waals surface area (Å²) in [6.07, 6.45) is 3.89. The molecule has 0 bridgehead atoms. The van der Waals surface area contributed by atoms with Crippen LogP contribution < -0.4 is 0 Å². The topological polar surface area (TPSA) is 115 Å². The van der Waals surface area contributed by atoms with Crippen molar-refractivity contribution in [1.29, 1.82) is 0 Å². The number of ketones is 3. The zero-order chi connectivity index (χ0) is 27.9. The van der Waals surface area contributed by atoms with Crippen LogP contribution in [0, 0.1) is 46.3 Å². The van der Waals surface area contributed by atoms with Gasteiger partial charge in [-0.1, -0.05) is 38.0 Å². The Morgan fingerprint density at radius 1 is 0.974 bits per heavy atom. The maximum absolute atomic E-state index is 13.9. The first-order valence-corrected chi connectivity index (χ1v) is 14.2. The van der Waals surface area contributed by atoms with E-state index in [1.807, 2.05) is 13.8 Å². The zero-order valence-corrected chi connectivity index (χ0v) is 22.7. The van der Waals surface area contributed by atoms with Gasteiger partial charge in [-0.3, -0.25) is 24.0 Å². The number of hydrogen-bond acceptors (Lipinski definition) is 7. The second kappa shape index (κ2) is 8.93. The van der Waals surface area contributed by atoms with E-state index >= 15 is 0 Å². The molecule has 1 aromatic carbocycles. The normalized spacial score (nSPS) is 38.2. The summed E-state index contributed by atoms with van der Waals surface area (Å²) in [5.74, 6) is -2.07. The number of carbonyl (C=O) groups is 6. The van der Waals surface area contributed by atoms with Crippen LogP contribution in [-0.2, 0) is 24.0 Å². The predicted molar refractivity (Wildman–Crippen MR) is 138 cm³/mol. The Labute approximate surface area is 227 Å². The van der Waals surface area contributed by atoms with E-state index in [0.29, 0.717) is 30.7 Å². The minimum atomic E-state index is -0.722. The average Bonchev–Trinajstić information content (AvgIpc) is 3.37. The van der Waals surface area contributed by atoms with Crippen molar-refractivity contribution in [2.45, 2.75) is 72.1 Å². The fourth-order valence-electron chi connectivity index (χ4n) is 9.18. The van der Waals surface area contributed by atoms with Gasteiger partial charge < -0.3 is 4.84 Å². The van der Waals surface area contributed by atoms with Gasteiger partial charge in [-0.25, -0.2) is 4.79 Å². The zero-order valence-electron chi connectivity index (χ0n) is 22.7. The number of benzene rings is 1. The van der Waals surface area contributed by atoms with Crippen LogP contribution in [0.1, 0.15) is 92.9 Å². The summed E-state index contributed by atoms with van der Waals surface area (Å²) in [5, 5.41) is 0.530. The minimum absolute atomic E-state index is 0.0256. The van der Waals surface area contributed by atoms with E-state index in [-0.39, 0.29) is 75.8 Å². The van der Waals surface area contributed by atoms with Crippen molar-refractivity contribution in [3.05, 3.63) is 35.4 Å². The molecule has 1 aliphatic heterocycles. The molecule has 39 heavy (non-hydrogen) atoms. The van der Waals surface area contributed by atoms with Gasteiger partial charge in [-0.15, -0.1) is 0 Å². The summed E-state index contributed by atoms with van der Waals surface area (Å²) in [6.45, 7) is 6.08. The van der Waals surface area contributed by atoms with E-state index in [9.17, 15) is 28.8 Å². The smallest absolute Gasteiger partial charge is 0.330 e. The Kier molecular flexibility index (Phi) is 5.97. The van der Waals surface area contributed by atoms with E-state index in [1.54, 1.807) is 12.1 Å². The molecule has 1 unspecified atom stereocenters. The van der Waals surface area contributed by atoms with E-state index in [2.05, 4.69) is 6.92 Å². The summed E-state index contributed by atoms with van der Waals surface area (Å²) < 4.78 is 0. The van der Waals surface area contributed by atoms with Crippen LogP contribution in [0.25, 0.3) is 0 Å². The van der Waals surface area contributed by atoms with Crippen LogP contribution in [0.15, 0.2) is 24.3 Å². The van der Waals surface area contributed by atoms with E-state index in [0.717, 1.165) is 19.3 Å². The molecule has 0 saturated heterocycles. The predicted octanol–water partition coefficient (Wildman–Crippen LogP) is 4.35. The van der Waals surface area contributed by atoms with E-state index < -0.39 is 23.2 Å². The molecule has 2 amide bonds. The molecule has 1 heterocycles. The summed E-state index contributed by atoms with van der Waals surface area (Å²) >= 11 is 0. The van der Waals surface area contributed by atoms with Crippen LogP contribution in [0.4, 0.5) is 0 Å². The highest BCUT2D eigenvalue weighted by Crippen LogP contribution is 2.66. The monoisotopic (exact) mass is 533 g/mol. The van der Waals surface area contributed by atoms with Gasteiger partial charge in [0.2, 0.25) is 0 Å². The van der Waals surface area contributed by atoms with Gasteiger partial charge in [-0.05, 0) is 66.4 Å². The number of hydrogen-bond donors (Lipinski definition) is 0.